The first-order valence-corrected chi connectivity index (χ1v) is 3.91. The first kappa shape index (κ1) is 8.11. The molecule has 1 heterocycles. The largest absolute Gasteiger partial charge is 0.477 e. The molecule has 1 N–H and O–H groups in total. The lowest BCUT2D eigenvalue weighted by molar-refractivity contribution is 0.323. The predicted octanol–water partition coefficient (Wildman–Crippen LogP) is 1.93. The minimum absolute atomic E-state index is 0.444. The fourth-order valence-corrected chi connectivity index (χ4v) is 0.957. The van der Waals surface area contributed by atoms with Gasteiger partial charge in [0.25, 0.3) is 0 Å². The molecule has 1 aromatic rings. The van der Waals surface area contributed by atoms with Gasteiger partial charge in [0.2, 0.25) is 5.88 Å². The van der Waals surface area contributed by atoms with E-state index in [2.05, 4.69) is 23.8 Å². The molecule has 0 unspecified atom stereocenters. The molecule has 1 rings (SSSR count). The highest BCUT2D eigenvalue weighted by Gasteiger charge is 2.08. The van der Waals surface area contributed by atoms with Crippen molar-refractivity contribution in [3.63, 3.8) is 0 Å². The maximum absolute atomic E-state index is 5.30. The lowest BCUT2D eigenvalue weighted by atomic mass is 10.1. The lowest BCUT2D eigenvalue weighted by Crippen LogP contribution is -1.97. The summed E-state index contributed by atoms with van der Waals surface area (Å²) in [6, 6.07) is 0. The Morgan fingerprint density at radius 3 is 2.91 bits per heavy atom. The molecule has 0 aromatic carbocycles. The fraction of sp³-hybridized carbons (Fsp3) is 0.625. The van der Waals surface area contributed by atoms with E-state index in [-0.39, 0.29) is 0 Å². The molecule has 0 amide bonds. The average Bonchev–Trinajstić information content (AvgIpc) is 2.36. The van der Waals surface area contributed by atoms with E-state index in [0.717, 1.165) is 11.6 Å². The van der Waals surface area contributed by atoms with Crippen molar-refractivity contribution < 1.29 is 4.74 Å². The number of imidazole rings is 1. The monoisotopic (exact) mass is 154 g/mol. The highest BCUT2D eigenvalue weighted by Crippen LogP contribution is 2.21. The van der Waals surface area contributed by atoms with E-state index in [1.807, 2.05) is 6.92 Å². The predicted molar refractivity (Wildman–Crippen MR) is 43.8 cm³/mol. The normalized spacial score (nSPS) is 10.5. The lowest BCUT2D eigenvalue weighted by Gasteiger charge is -2.04. The molecular formula is C8H14N2O. The number of hydrogen-bond acceptors (Lipinski definition) is 2. The summed E-state index contributed by atoms with van der Waals surface area (Å²) in [6.45, 7) is 6.84. The van der Waals surface area contributed by atoms with Crippen LogP contribution in [-0.2, 0) is 0 Å². The second-order valence-electron chi connectivity index (χ2n) is 2.71. The molecule has 0 saturated heterocycles. The smallest absolute Gasteiger partial charge is 0.235 e. The zero-order chi connectivity index (χ0) is 8.27. The Morgan fingerprint density at radius 2 is 2.36 bits per heavy atom. The molecule has 0 spiro atoms. The van der Waals surface area contributed by atoms with Crippen LogP contribution in [0.1, 0.15) is 32.4 Å². The molecule has 3 nitrogen and oxygen atoms in total. The van der Waals surface area contributed by atoms with Gasteiger partial charge in [-0.25, -0.2) is 4.98 Å². The SMILES string of the molecule is CCOc1nc[nH]c1C(C)C. The Balaban J connectivity index is 2.78. The molecule has 11 heavy (non-hydrogen) atoms. The quantitative estimate of drug-likeness (QED) is 0.722. The summed E-state index contributed by atoms with van der Waals surface area (Å²) in [5.74, 6) is 1.18. The maximum Gasteiger partial charge on any atom is 0.235 e. The van der Waals surface area contributed by atoms with Crippen molar-refractivity contribution >= 4 is 0 Å². The van der Waals surface area contributed by atoms with E-state index >= 15 is 0 Å². The van der Waals surface area contributed by atoms with Crippen molar-refractivity contribution in [2.45, 2.75) is 26.7 Å². The molecule has 0 aliphatic rings. The minimum atomic E-state index is 0.444. The van der Waals surface area contributed by atoms with Gasteiger partial charge < -0.3 is 9.72 Å². The number of ether oxygens (including phenoxy) is 1. The highest BCUT2D eigenvalue weighted by atomic mass is 16.5. The van der Waals surface area contributed by atoms with Crippen molar-refractivity contribution in [2.75, 3.05) is 6.61 Å². The van der Waals surface area contributed by atoms with E-state index in [9.17, 15) is 0 Å². The molecule has 0 saturated carbocycles. The number of H-pyrrole nitrogens is 1. The van der Waals surface area contributed by atoms with Crippen molar-refractivity contribution in [3.05, 3.63) is 12.0 Å². The van der Waals surface area contributed by atoms with Gasteiger partial charge in [0.05, 0.1) is 18.6 Å². The topological polar surface area (TPSA) is 37.9 Å². The molecule has 0 fully saturated rings. The second-order valence-corrected chi connectivity index (χ2v) is 2.71. The summed E-state index contributed by atoms with van der Waals surface area (Å²) >= 11 is 0. The van der Waals surface area contributed by atoms with Crippen LogP contribution in [0.15, 0.2) is 6.33 Å². The van der Waals surface area contributed by atoms with Gasteiger partial charge in [0.1, 0.15) is 0 Å². The number of hydrogen-bond donors (Lipinski definition) is 1. The summed E-state index contributed by atoms with van der Waals surface area (Å²) in [7, 11) is 0. The van der Waals surface area contributed by atoms with Crippen LogP contribution in [0.25, 0.3) is 0 Å². The molecule has 1 aromatic heterocycles. The van der Waals surface area contributed by atoms with Gasteiger partial charge in [-0.1, -0.05) is 13.8 Å². The first-order valence-electron chi connectivity index (χ1n) is 3.91. The van der Waals surface area contributed by atoms with Crippen LogP contribution in [0.3, 0.4) is 0 Å². The number of nitrogens with zero attached hydrogens (tertiary/aromatic N) is 1. The van der Waals surface area contributed by atoms with Crippen LogP contribution in [0, 0.1) is 0 Å². The maximum atomic E-state index is 5.30. The van der Waals surface area contributed by atoms with Crippen molar-refractivity contribution in [1.82, 2.24) is 9.97 Å². The number of nitrogens with one attached hydrogen (secondary N) is 1. The zero-order valence-corrected chi connectivity index (χ0v) is 7.22. The minimum Gasteiger partial charge on any atom is -0.477 e. The molecular weight excluding hydrogens is 140 g/mol. The summed E-state index contributed by atoms with van der Waals surface area (Å²) < 4.78 is 5.30. The summed E-state index contributed by atoms with van der Waals surface area (Å²) in [5.41, 5.74) is 1.08. The number of rotatable bonds is 3. The first-order chi connectivity index (χ1) is 5.25. The van der Waals surface area contributed by atoms with Crippen molar-refractivity contribution in [1.29, 1.82) is 0 Å². The van der Waals surface area contributed by atoms with Gasteiger partial charge in [-0.2, -0.15) is 0 Å². The van der Waals surface area contributed by atoms with E-state index in [4.69, 9.17) is 4.74 Å². The van der Waals surface area contributed by atoms with Crippen LogP contribution in [0.5, 0.6) is 5.88 Å². The van der Waals surface area contributed by atoms with E-state index < -0.39 is 0 Å². The average molecular weight is 154 g/mol. The van der Waals surface area contributed by atoms with Crippen LogP contribution in [0.2, 0.25) is 0 Å². The highest BCUT2D eigenvalue weighted by molar-refractivity contribution is 5.20. The van der Waals surface area contributed by atoms with E-state index in [0.29, 0.717) is 12.5 Å². The van der Waals surface area contributed by atoms with Gasteiger partial charge in [0, 0.05) is 0 Å². The molecule has 0 atom stereocenters. The van der Waals surface area contributed by atoms with Gasteiger partial charge in [0.15, 0.2) is 0 Å². The van der Waals surface area contributed by atoms with Gasteiger partial charge in [-0.05, 0) is 12.8 Å². The Bertz CT molecular complexity index is 218. The summed E-state index contributed by atoms with van der Waals surface area (Å²) in [6.07, 6.45) is 1.67. The third-order valence-corrected chi connectivity index (χ3v) is 1.49. The fourth-order valence-electron chi connectivity index (χ4n) is 0.957. The van der Waals surface area contributed by atoms with Gasteiger partial charge in [-0.3, -0.25) is 0 Å². The van der Waals surface area contributed by atoms with E-state index in [1.165, 1.54) is 0 Å². The van der Waals surface area contributed by atoms with Crippen LogP contribution >= 0.6 is 0 Å². The standard InChI is InChI=1S/C8H14N2O/c1-4-11-8-7(6(2)3)9-5-10-8/h5-6H,4H2,1-3H3,(H,9,10). The third-order valence-electron chi connectivity index (χ3n) is 1.49. The Morgan fingerprint density at radius 1 is 1.64 bits per heavy atom. The third kappa shape index (κ3) is 1.73. The van der Waals surface area contributed by atoms with Crippen LogP contribution in [0.4, 0.5) is 0 Å². The molecule has 62 valence electrons. The van der Waals surface area contributed by atoms with Crippen molar-refractivity contribution in [2.24, 2.45) is 0 Å². The number of aromatic amines is 1. The summed E-state index contributed by atoms with van der Waals surface area (Å²) in [5, 5.41) is 0. The molecule has 0 bridgehead atoms. The Labute approximate surface area is 66.8 Å². The molecule has 0 aliphatic carbocycles. The number of aromatic nitrogens is 2. The van der Waals surface area contributed by atoms with Gasteiger partial charge in [-0.15, -0.1) is 0 Å². The Kier molecular flexibility index (Phi) is 2.52. The second kappa shape index (κ2) is 3.42. The zero-order valence-electron chi connectivity index (χ0n) is 7.22. The Hall–Kier alpha value is -0.990. The summed E-state index contributed by atoms with van der Waals surface area (Å²) in [4.78, 5) is 7.10. The van der Waals surface area contributed by atoms with Gasteiger partial charge >= 0.3 is 0 Å². The van der Waals surface area contributed by atoms with Crippen LogP contribution < -0.4 is 4.74 Å². The van der Waals surface area contributed by atoms with Crippen molar-refractivity contribution in [3.8, 4) is 5.88 Å². The van der Waals surface area contributed by atoms with E-state index in [1.54, 1.807) is 6.33 Å². The molecule has 3 heteroatoms. The van der Waals surface area contributed by atoms with Crippen LogP contribution in [-0.4, -0.2) is 16.6 Å². The molecule has 0 aliphatic heterocycles. The molecule has 0 radical (unpaired) electrons.